The highest BCUT2D eigenvalue weighted by molar-refractivity contribution is 5.87. The third kappa shape index (κ3) is 2.84. The molecule has 0 saturated heterocycles. The Labute approximate surface area is 83.5 Å². The van der Waals surface area contributed by atoms with Gasteiger partial charge in [-0.3, -0.25) is 4.79 Å². The van der Waals surface area contributed by atoms with E-state index in [1.807, 2.05) is 0 Å². The topological polar surface area (TPSA) is 66.4 Å². The van der Waals surface area contributed by atoms with Crippen LogP contribution in [0.2, 0.25) is 0 Å². The van der Waals surface area contributed by atoms with Gasteiger partial charge in [-0.25, -0.2) is 4.79 Å². The van der Waals surface area contributed by atoms with Crippen molar-refractivity contribution in [3.8, 4) is 0 Å². The van der Waals surface area contributed by atoms with Crippen LogP contribution in [0.3, 0.4) is 0 Å². The average molecular weight is 225 g/mol. The van der Waals surface area contributed by atoms with E-state index in [1.165, 1.54) is 5.32 Å². The summed E-state index contributed by atoms with van der Waals surface area (Å²) in [5.74, 6) is -3.99. The second-order valence-electron chi connectivity index (χ2n) is 3.48. The van der Waals surface area contributed by atoms with Gasteiger partial charge in [0.2, 0.25) is 0 Å². The molecule has 0 aromatic heterocycles. The van der Waals surface area contributed by atoms with Crippen molar-refractivity contribution >= 4 is 11.9 Å². The average Bonchev–Trinajstić information content (AvgIpc) is 1.97. The van der Waals surface area contributed by atoms with Crippen molar-refractivity contribution in [1.82, 2.24) is 5.32 Å². The van der Waals surface area contributed by atoms with Gasteiger partial charge in [0, 0.05) is 0 Å². The SMILES string of the molecule is O=C(O)C(NC(=O)C(F)(F)F)C1CCC1. The smallest absolute Gasteiger partial charge is 0.471 e. The summed E-state index contributed by atoms with van der Waals surface area (Å²) >= 11 is 0. The van der Waals surface area contributed by atoms with Gasteiger partial charge >= 0.3 is 18.1 Å². The normalized spacial score (nSPS) is 19.1. The molecular weight excluding hydrogens is 215 g/mol. The Morgan fingerprint density at radius 1 is 1.33 bits per heavy atom. The molecule has 0 heterocycles. The van der Waals surface area contributed by atoms with Crippen LogP contribution in [-0.4, -0.2) is 29.2 Å². The van der Waals surface area contributed by atoms with Crippen molar-refractivity contribution in [1.29, 1.82) is 0 Å². The number of carboxylic acids is 1. The van der Waals surface area contributed by atoms with Crippen LogP contribution in [-0.2, 0) is 9.59 Å². The summed E-state index contributed by atoms with van der Waals surface area (Å²) in [7, 11) is 0. The van der Waals surface area contributed by atoms with Gasteiger partial charge in [-0.05, 0) is 18.8 Å². The minimum Gasteiger partial charge on any atom is -0.480 e. The molecule has 7 heteroatoms. The molecule has 0 aromatic rings. The maximum absolute atomic E-state index is 11.9. The highest BCUT2D eigenvalue weighted by Crippen LogP contribution is 2.30. The molecule has 15 heavy (non-hydrogen) atoms. The maximum Gasteiger partial charge on any atom is 0.471 e. The first kappa shape index (κ1) is 11.8. The summed E-state index contributed by atoms with van der Waals surface area (Å²) in [6.07, 6.45) is -3.17. The number of hydrogen-bond donors (Lipinski definition) is 2. The largest absolute Gasteiger partial charge is 0.480 e. The van der Waals surface area contributed by atoms with E-state index in [4.69, 9.17) is 5.11 Å². The van der Waals surface area contributed by atoms with Crippen molar-refractivity contribution in [3.05, 3.63) is 0 Å². The van der Waals surface area contributed by atoms with Gasteiger partial charge in [-0.15, -0.1) is 0 Å². The Bertz CT molecular complexity index is 273. The first-order valence-corrected chi connectivity index (χ1v) is 4.43. The number of nitrogens with one attached hydrogen (secondary N) is 1. The molecule has 4 nitrogen and oxygen atoms in total. The monoisotopic (exact) mass is 225 g/mol. The lowest BCUT2D eigenvalue weighted by Gasteiger charge is -2.31. The van der Waals surface area contributed by atoms with Crippen LogP contribution in [0.4, 0.5) is 13.2 Å². The summed E-state index contributed by atoms with van der Waals surface area (Å²) in [5, 5.41) is 10.1. The molecule has 0 aromatic carbocycles. The second kappa shape index (κ2) is 4.08. The number of halogens is 3. The number of rotatable bonds is 3. The number of amides is 1. The molecule has 1 rings (SSSR count). The fourth-order valence-electron chi connectivity index (χ4n) is 1.38. The number of aliphatic carboxylic acids is 1. The molecule has 0 radical (unpaired) electrons. The highest BCUT2D eigenvalue weighted by Gasteiger charge is 2.43. The van der Waals surface area contributed by atoms with Crippen molar-refractivity contribution < 1.29 is 27.9 Å². The molecule has 1 fully saturated rings. The molecule has 2 N–H and O–H groups in total. The fourth-order valence-corrected chi connectivity index (χ4v) is 1.38. The predicted molar refractivity (Wildman–Crippen MR) is 43.0 cm³/mol. The van der Waals surface area contributed by atoms with Gasteiger partial charge < -0.3 is 10.4 Å². The molecule has 1 atom stereocenters. The van der Waals surface area contributed by atoms with Crippen LogP contribution < -0.4 is 5.32 Å². The Balaban J connectivity index is 2.59. The molecule has 0 aliphatic heterocycles. The van der Waals surface area contributed by atoms with Crippen molar-refractivity contribution in [2.45, 2.75) is 31.5 Å². The molecule has 1 aliphatic carbocycles. The zero-order valence-corrected chi connectivity index (χ0v) is 7.67. The first-order valence-electron chi connectivity index (χ1n) is 4.43. The minimum atomic E-state index is -5.03. The third-order valence-electron chi connectivity index (χ3n) is 2.43. The third-order valence-corrected chi connectivity index (χ3v) is 2.43. The second-order valence-corrected chi connectivity index (χ2v) is 3.48. The lowest BCUT2D eigenvalue weighted by molar-refractivity contribution is -0.176. The minimum absolute atomic E-state index is 0.381. The van der Waals surface area contributed by atoms with E-state index in [0.29, 0.717) is 12.8 Å². The first-order chi connectivity index (χ1) is 6.82. The zero-order chi connectivity index (χ0) is 11.6. The van der Waals surface area contributed by atoms with E-state index >= 15 is 0 Å². The fraction of sp³-hybridized carbons (Fsp3) is 0.750. The van der Waals surface area contributed by atoms with Gasteiger partial charge in [0.1, 0.15) is 6.04 Å². The van der Waals surface area contributed by atoms with Crippen LogP contribution in [0, 0.1) is 5.92 Å². The number of carbonyl (C=O) groups is 2. The molecule has 1 saturated carbocycles. The molecule has 0 spiro atoms. The quantitative estimate of drug-likeness (QED) is 0.750. The summed E-state index contributed by atoms with van der Waals surface area (Å²) in [6, 6.07) is -1.42. The molecular formula is C8H10F3NO3. The Morgan fingerprint density at radius 2 is 1.87 bits per heavy atom. The number of alkyl halides is 3. The predicted octanol–water partition coefficient (Wildman–Crippen LogP) is 0.918. The van der Waals surface area contributed by atoms with E-state index in [-0.39, 0.29) is 5.92 Å². The molecule has 0 bridgehead atoms. The van der Waals surface area contributed by atoms with Crippen molar-refractivity contribution in [2.24, 2.45) is 5.92 Å². The lowest BCUT2D eigenvalue weighted by atomic mass is 9.79. The Kier molecular flexibility index (Phi) is 3.21. The summed E-state index contributed by atoms with van der Waals surface area (Å²) in [5.41, 5.74) is 0. The van der Waals surface area contributed by atoms with Crippen LogP contribution in [0.25, 0.3) is 0 Å². The molecule has 86 valence electrons. The van der Waals surface area contributed by atoms with Crippen LogP contribution >= 0.6 is 0 Å². The maximum atomic E-state index is 11.9. The van der Waals surface area contributed by atoms with Gasteiger partial charge in [0.25, 0.3) is 0 Å². The zero-order valence-electron chi connectivity index (χ0n) is 7.67. The van der Waals surface area contributed by atoms with Crippen molar-refractivity contribution in [2.75, 3.05) is 0 Å². The summed E-state index contributed by atoms with van der Waals surface area (Å²) in [4.78, 5) is 21.1. The number of carbonyl (C=O) groups excluding carboxylic acids is 1. The highest BCUT2D eigenvalue weighted by atomic mass is 19.4. The molecule has 1 unspecified atom stereocenters. The van der Waals surface area contributed by atoms with Crippen LogP contribution in [0.1, 0.15) is 19.3 Å². The van der Waals surface area contributed by atoms with E-state index in [0.717, 1.165) is 6.42 Å². The summed E-state index contributed by atoms with van der Waals surface area (Å²) in [6.45, 7) is 0. The number of carboxylic acid groups (broad SMARTS) is 1. The Hall–Kier alpha value is -1.27. The van der Waals surface area contributed by atoms with Gasteiger partial charge in [-0.2, -0.15) is 13.2 Å². The number of hydrogen-bond acceptors (Lipinski definition) is 2. The lowest BCUT2D eigenvalue weighted by Crippen LogP contribution is -2.51. The standard InChI is InChI=1S/C8H10F3NO3/c9-8(10,11)7(15)12-5(6(13)14)4-2-1-3-4/h4-5H,1-3H2,(H,12,15)(H,13,14). The van der Waals surface area contributed by atoms with Crippen LogP contribution in [0.5, 0.6) is 0 Å². The summed E-state index contributed by atoms with van der Waals surface area (Å²) < 4.78 is 35.6. The van der Waals surface area contributed by atoms with Crippen LogP contribution in [0.15, 0.2) is 0 Å². The Morgan fingerprint density at radius 3 is 2.13 bits per heavy atom. The van der Waals surface area contributed by atoms with Crippen molar-refractivity contribution in [3.63, 3.8) is 0 Å². The molecule has 1 amide bonds. The van der Waals surface area contributed by atoms with E-state index < -0.39 is 24.1 Å². The van der Waals surface area contributed by atoms with Gasteiger partial charge in [-0.1, -0.05) is 6.42 Å². The van der Waals surface area contributed by atoms with Gasteiger partial charge in [0.15, 0.2) is 0 Å². The molecule has 1 aliphatic rings. The van der Waals surface area contributed by atoms with E-state index in [1.54, 1.807) is 0 Å². The van der Waals surface area contributed by atoms with Gasteiger partial charge in [0.05, 0.1) is 0 Å². The van der Waals surface area contributed by atoms with E-state index in [2.05, 4.69) is 0 Å². The van der Waals surface area contributed by atoms with E-state index in [9.17, 15) is 22.8 Å².